The number of rotatable bonds is 2. The van der Waals surface area contributed by atoms with E-state index in [0.29, 0.717) is 11.6 Å². The molecular weight excluding hydrogens is 308 g/mol. The van der Waals surface area contributed by atoms with E-state index >= 15 is 0 Å². The molecule has 0 bridgehead atoms. The van der Waals surface area contributed by atoms with Gasteiger partial charge in [-0.1, -0.05) is 17.4 Å². The molecule has 0 N–H and O–H groups in total. The molecule has 8 heteroatoms. The van der Waals surface area contributed by atoms with Crippen LogP contribution in [0.25, 0.3) is 4.96 Å². The average molecular weight is 320 g/mol. The van der Waals surface area contributed by atoms with Gasteiger partial charge in [0, 0.05) is 23.7 Å². The monoisotopic (exact) mass is 320 g/mol. The van der Waals surface area contributed by atoms with Crippen LogP contribution in [-0.4, -0.2) is 34.3 Å². The van der Waals surface area contributed by atoms with E-state index in [2.05, 4.69) is 26.4 Å². The van der Waals surface area contributed by atoms with Crippen LogP contribution < -0.4 is 10.5 Å². The van der Waals surface area contributed by atoms with Gasteiger partial charge in [-0.2, -0.15) is 4.52 Å². The number of fused-ring (bicyclic) bond motifs is 1. The van der Waals surface area contributed by atoms with Gasteiger partial charge in [0.25, 0.3) is 5.56 Å². The molecule has 4 rings (SSSR count). The molecule has 1 atom stereocenters. The zero-order valence-electron chi connectivity index (χ0n) is 11.0. The summed E-state index contributed by atoms with van der Waals surface area (Å²) in [4.78, 5) is 19.9. The number of hydrogen-bond donors (Lipinski definition) is 0. The van der Waals surface area contributed by atoms with Crippen LogP contribution in [-0.2, 0) is 4.74 Å². The summed E-state index contributed by atoms with van der Waals surface area (Å²) in [5.74, 6) is 0. The van der Waals surface area contributed by atoms with Crippen LogP contribution in [0.4, 0.5) is 5.13 Å². The Balaban J connectivity index is 1.65. The summed E-state index contributed by atoms with van der Waals surface area (Å²) >= 11 is 3.13. The molecule has 1 saturated heterocycles. The largest absolute Gasteiger partial charge is 0.369 e. The molecule has 3 aromatic rings. The Hall–Kier alpha value is -1.77. The first-order valence-corrected chi connectivity index (χ1v) is 8.26. The molecule has 0 spiro atoms. The van der Waals surface area contributed by atoms with Crippen LogP contribution in [0.2, 0.25) is 0 Å². The molecule has 0 amide bonds. The fourth-order valence-electron chi connectivity index (χ4n) is 2.33. The van der Waals surface area contributed by atoms with Crippen molar-refractivity contribution in [3.8, 4) is 0 Å². The topological polar surface area (TPSA) is 59.7 Å². The first-order chi connectivity index (χ1) is 10.3. The summed E-state index contributed by atoms with van der Waals surface area (Å²) in [5.41, 5.74) is -0.148. The lowest BCUT2D eigenvalue weighted by molar-refractivity contribution is 0.0420. The van der Waals surface area contributed by atoms with Gasteiger partial charge in [-0.25, -0.2) is 4.98 Å². The fourth-order valence-corrected chi connectivity index (χ4v) is 4.01. The zero-order valence-corrected chi connectivity index (χ0v) is 12.6. The molecule has 1 unspecified atom stereocenters. The number of anilines is 1. The van der Waals surface area contributed by atoms with Gasteiger partial charge in [0.1, 0.15) is 6.10 Å². The van der Waals surface area contributed by atoms with Crippen LogP contribution in [0.1, 0.15) is 11.0 Å². The van der Waals surface area contributed by atoms with Gasteiger partial charge in [-0.3, -0.25) is 4.79 Å². The molecule has 4 heterocycles. The second kappa shape index (κ2) is 5.21. The third-order valence-corrected chi connectivity index (χ3v) is 5.31. The number of ether oxygens (including phenoxy) is 1. The van der Waals surface area contributed by atoms with Crippen LogP contribution in [0.3, 0.4) is 0 Å². The highest BCUT2D eigenvalue weighted by atomic mass is 32.1. The molecular formula is C13H12N4O2S2. The van der Waals surface area contributed by atoms with Crippen LogP contribution in [0.15, 0.2) is 34.6 Å². The van der Waals surface area contributed by atoms with Gasteiger partial charge in [0.2, 0.25) is 10.1 Å². The van der Waals surface area contributed by atoms with E-state index in [1.165, 1.54) is 33.0 Å². The van der Waals surface area contributed by atoms with Gasteiger partial charge in [0.05, 0.1) is 13.2 Å². The highest BCUT2D eigenvalue weighted by molar-refractivity contribution is 7.20. The zero-order chi connectivity index (χ0) is 14.2. The Morgan fingerprint density at radius 2 is 2.33 bits per heavy atom. The third kappa shape index (κ3) is 2.35. The van der Waals surface area contributed by atoms with Crippen LogP contribution >= 0.6 is 22.7 Å². The van der Waals surface area contributed by atoms with Crippen LogP contribution in [0, 0.1) is 0 Å². The summed E-state index contributed by atoms with van der Waals surface area (Å²) in [7, 11) is 0. The SMILES string of the molecule is O=c1ccnc2sc(N3CCOC(c4cccs4)C3)nn12. The molecule has 21 heavy (non-hydrogen) atoms. The van der Waals surface area contributed by atoms with E-state index in [9.17, 15) is 4.79 Å². The van der Waals surface area contributed by atoms with E-state index in [1.807, 2.05) is 6.07 Å². The van der Waals surface area contributed by atoms with Crippen molar-refractivity contribution in [1.82, 2.24) is 14.6 Å². The average Bonchev–Trinajstić information content (AvgIpc) is 3.18. The minimum absolute atomic E-state index is 0.0652. The predicted molar refractivity (Wildman–Crippen MR) is 82.4 cm³/mol. The van der Waals surface area contributed by atoms with Crippen molar-refractivity contribution in [2.75, 3.05) is 24.6 Å². The van der Waals surface area contributed by atoms with Crippen molar-refractivity contribution in [2.45, 2.75) is 6.10 Å². The van der Waals surface area contributed by atoms with Gasteiger partial charge in [0.15, 0.2) is 0 Å². The molecule has 3 aromatic heterocycles. The first kappa shape index (κ1) is 12.9. The number of morpholine rings is 1. The molecule has 0 radical (unpaired) electrons. The lowest BCUT2D eigenvalue weighted by atomic mass is 10.2. The predicted octanol–water partition coefficient (Wildman–Crippen LogP) is 1.79. The lowest BCUT2D eigenvalue weighted by Gasteiger charge is -2.31. The lowest BCUT2D eigenvalue weighted by Crippen LogP contribution is -2.38. The summed E-state index contributed by atoms with van der Waals surface area (Å²) in [5, 5.41) is 7.26. The molecule has 0 saturated carbocycles. The highest BCUT2D eigenvalue weighted by Gasteiger charge is 2.25. The Morgan fingerprint density at radius 3 is 3.14 bits per heavy atom. The normalized spacial score (nSPS) is 19.2. The van der Waals surface area contributed by atoms with E-state index in [4.69, 9.17) is 4.74 Å². The smallest absolute Gasteiger partial charge is 0.275 e. The summed E-state index contributed by atoms with van der Waals surface area (Å²) in [6, 6.07) is 5.54. The molecule has 0 aliphatic carbocycles. The van der Waals surface area contributed by atoms with Crippen molar-refractivity contribution in [3.63, 3.8) is 0 Å². The Kier molecular flexibility index (Phi) is 3.21. The third-order valence-electron chi connectivity index (χ3n) is 3.36. The molecule has 1 aliphatic heterocycles. The van der Waals surface area contributed by atoms with Crippen molar-refractivity contribution in [3.05, 3.63) is 45.0 Å². The van der Waals surface area contributed by atoms with Gasteiger partial charge >= 0.3 is 0 Å². The standard InChI is InChI=1S/C13H12N4O2S2/c18-11-3-4-14-12-17(11)15-13(21-12)16-5-6-19-9(8-16)10-2-1-7-20-10/h1-4,7,9H,5-6,8H2. The van der Waals surface area contributed by atoms with E-state index in [-0.39, 0.29) is 11.7 Å². The highest BCUT2D eigenvalue weighted by Crippen LogP contribution is 2.30. The van der Waals surface area contributed by atoms with Crippen LogP contribution in [0.5, 0.6) is 0 Å². The fraction of sp³-hybridized carbons (Fsp3) is 0.308. The molecule has 1 fully saturated rings. The number of aromatic nitrogens is 3. The number of nitrogens with zero attached hydrogens (tertiary/aromatic N) is 4. The number of hydrogen-bond acceptors (Lipinski definition) is 7. The molecule has 1 aliphatic rings. The Morgan fingerprint density at radius 1 is 1.38 bits per heavy atom. The second-order valence-electron chi connectivity index (χ2n) is 4.68. The van der Waals surface area contributed by atoms with Crippen molar-refractivity contribution < 1.29 is 4.74 Å². The maximum atomic E-state index is 11.8. The minimum Gasteiger partial charge on any atom is -0.369 e. The summed E-state index contributed by atoms with van der Waals surface area (Å²) in [6.07, 6.45) is 1.59. The summed E-state index contributed by atoms with van der Waals surface area (Å²) in [6.45, 7) is 2.17. The number of thiophene rings is 1. The maximum Gasteiger partial charge on any atom is 0.275 e. The first-order valence-electron chi connectivity index (χ1n) is 6.56. The minimum atomic E-state index is -0.148. The second-order valence-corrected chi connectivity index (χ2v) is 6.60. The molecule has 108 valence electrons. The molecule has 0 aromatic carbocycles. The van der Waals surface area contributed by atoms with Crippen molar-refractivity contribution in [2.24, 2.45) is 0 Å². The van der Waals surface area contributed by atoms with Crippen molar-refractivity contribution >= 4 is 32.8 Å². The summed E-state index contributed by atoms with van der Waals surface area (Å²) < 4.78 is 7.19. The van der Waals surface area contributed by atoms with Gasteiger partial charge in [-0.05, 0) is 11.4 Å². The maximum absolute atomic E-state index is 11.8. The van der Waals surface area contributed by atoms with Gasteiger partial charge in [-0.15, -0.1) is 16.4 Å². The quantitative estimate of drug-likeness (QED) is 0.720. The Labute approximate surface area is 128 Å². The van der Waals surface area contributed by atoms with E-state index in [0.717, 1.165) is 18.2 Å². The molecule has 6 nitrogen and oxygen atoms in total. The van der Waals surface area contributed by atoms with E-state index in [1.54, 1.807) is 11.3 Å². The van der Waals surface area contributed by atoms with E-state index < -0.39 is 0 Å². The Bertz CT molecular complexity index is 811. The van der Waals surface area contributed by atoms with Gasteiger partial charge < -0.3 is 9.64 Å². The van der Waals surface area contributed by atoms with Crippen molar-refractivity contribution in [1.29, 1.82) is 0 Å².